The Bertz CT molecular complexity index is 578. The summed E-state index contributed by atoms with van der Waals surface area (Å²) in [5.41, 5.74) is 1.17. The number of carbonyl (C=O) groups excluding carboxylic acids is 2. The van der Waals surface area contributed by atoms with Crippen molar-refractivity contribution in [2.75, 3.05) is 39.8 Å². The molecule has 2 heterocycles. The minimum absolute atomic E-state index is 0.0275. The quantitative estimate of drug-likeness (QED) is 0.904. The molecule has 1 atom stereocenters. The summed E-state index contributed by atoms with van der Waals surface area (Å²) < 4.78 is 0. The van der Waals surface area contributed by atoms with Crippen molar-refractivity contribution in [1.82, 2.24) is 20.0 Å². The van der Waals surface area contributed by atoms with Crippen LogP contribution in [0.1, 0.15) is 18.4 Å². The molecule has 6 heteroatoms. The molecule has 3 rings (SSSR count). The summed E-state index contributed by atoms with van der Waals surface area (Å²) in [6, 6.07) is 10.1. The Morgan fingerprint density at radius 1 is 1.12 bits per heavy atom. The van der Waals surface area contributed by atoms with E-state index in [1.54, 1.807) is 7.05 Å². The van der Waals surface area contributed by atoms with Crippen molar-refractivity contribution in [3.8, 4) is 0 Å². The Morgan fingerprint density at radius 3 is 2.67 bits per heavy atom. The average molecular weight is 330 g/mol. The number of hydrogen-bond acceptors (Lipinski definition) is 3. The number of likely N-dealkylation sites (tertiary alicyclic amines) is 1. The largest absolute Gasteiger partial charge is 0.341 e. The molecule has 1 aromatic carbocycles. The van der Waals surface area contributed by atoms with Crippen LogP contribution in [0.25, 0.3) is 0 Å². The molecule has 0 spiro atoms. The topological polar surface area (TPSA) is 55.9 Å². The summed E-state index contributed by atoms with van der Waals surface area (Å²) in [5.74, 6) is 0.229. The monoisotopic (exact) mass is 330 g/mol. The normalized spacial score (nSPS) is 22.5. The van der Waals surface area contributed by atoms with Gasteiger partial charge in [0.25, 0.3) is 0 Å². The minimum atomic E-state index is -0.0293. The Balaban J connectivity index is 1.58. The van der Waals surface area contributed by atoms with E-state index < -0.39 is 0 Å². The standard InChI is InChI=1S/C18H26N4O2/c1-19-18(24)21-10-5-9-20(12-13-21)16-8-11-22(17(16)23)14-15-6-3-2-4-7-15/h2-4,6-7,16H,5,8-14H2,1H3,(H,19,24). The summed E-state index contributed by atoms with van der Waals surface area (Å²) in [6.45, 7) is 4.58. The third kappa shape index (κ3) is 3.70. The second kappa shape index (κ2) is 7.66. The Morgan fingerprint density at radius 2 is 1.92 bits per heavy atom. The van der Waals surface area contributed by atoms with Gasteiger partial charge in [-0.1, -0.05) is 30.3 Å². The zero-order valence-corrected chi connectivity index (χ0v) is 14.3. The van der Waals surface area contributed by atoms with Crippen molar-refractivity contribution < 1.29 is 9.59 Å². The first-order valence-corrected chi connectivity index (χ1v) is 8.72. The van der Waals surface area contributed by atoms with Gasteiger partial charge in [0.05, 0.1) is 6.04 Å². The van der Waals surface area contributed by atoms with E-state index in [9.17, 15) is 9.59 Å². The number of hydrogen-bond donors (Lipinski definition) is 1. The lowest BCUT2D eigenvalue weighted by Gasteiger charge is -2.26. The average Bonchev–Trinajstić information content (AvgIpc) is 2.83. The zero-order chi connectivity index (χ0) is 16.9. The second-order valence-electron chi connectivity index (χ2n) is 6.48. The maximum atomic E-state index is 12.8. The van der Waals surface area contributed by atoms with Gasteiger partial charge in [-0.05, 0) is 18.4 Å². The van der Waals surface area contributed by atoms with Crippen LogP contribution in [0, 0.1) is 0 Å². The Hall–Kier alpha value is -2.08. The van der Waals surface area contributed by atoms with E-state index in [1.165, 1.54) is 5.56 Å². The van der Waals surface area contributed by atoms with Gasteiger partial charge in [0.15, 0.2) is 0 Å². The lowest BCUT2D eigenvalue weighted by molar-refractivity contribution is -0.132. The molecule has 1 N–H and O–H groups in total. The van der Waals surface area contributed by atoms with Crippen molar-refractivity contribution in [2.45, 2.75) is 25.4 Å². The first kappa shape index (κ1) is 16.8. The van der Waals surface area contributed by atoms with Gasteiger partial charge in [0, 0.05) is 46.3 Å². The third-order valence-electron chi connectivity index (χ3n) is 4.96. The molecule has 0 saturated carbocycles. The zero-order valence-electron chi connectivity index (χ0n) is 14.3. The van der Waals surface area contributed by atoms with Crippen molar-refractivity contribution >= 4 is 11.9 Å². The van der Waals surface area contributed by atoms with Gasteiger partial charge in [0.1, 0.15) is 0 Å². The molecule has 0 radical (unpaired) electrons. The summed E-state index contributed by atoms with van der Waals surface area (Å²) >= 11 is 0. The SMILES string of the molecule is CNC(=O)N1CCCN(C2CCN(Cc3ccccc3)C2=O)CC1. The number of carbonyl (C=O) groups is 2. The van der Waals surface area contributed by atoms with E-state index in [0.717, 1.165) is 39.0 Å². The van der Waals surface area contributed by atoms with E-state index in [1.807, 2.05) is 28.0 Å². The van der Waals surface area contributed by atoms with Crippen LogP contribution >= 0.6 is 0 Å². The Kier molecular flexibility index (Phi) is 5.35. The van der Waals surface area contributed by atoms with Crippen LogP contribution < -0.4 is 5.32 Å². The molecule has 6 nitrogen and oxygen atoms in total. The van der Waals surface area contributed by atoms with E-state index in [2.05, 4.69) is 22.3 Å². The molecule has 0 bridgehead atoms. The molecule has 1 aromatic rings. The first-order valence-electron chi connectivity index (χ1n) is 8.72. The van der Waals surface area contributed by atoms with Crippen molar-refractivity contribution in [3.63, 3.8) is 0 Å². The molecule has 3 amide bonds. The minimum Gasteiger partial charge on any atom is -0.341 e. The summed E-state index contributed by atoms with van der Waals surface area (Å²) in [5, 5.41) is 2.68. The second-order valence-corrected chi connectivity index (χ2v) is 6.48. The van der Waals surface area contributed by atoms with E-state index in [-0.39, 0.29) is 18.0 Å². The molecule has 24 heavy (non-hydrogen) atoms. The molecular weight excluding hydrogens is 304 g/mol. The predicted octanol–water partition coefficient (Wildman–Crippen LogP) is 1.13. The molecule has 0 aliphatic carbocycles. The molecule has 130 valence electrons. The fraction of sp³-hybridized carbons (Fsp3) is 0.556. The molecule has 2 aliphatic rings. The van der Waals surface area contributed by atoms with Gasteiger partial charge in [-0.3, -0.25) is 9.69 Å². The lowest BCUT2D eigenvalue weighted by Crippen LogP contribution is -2.44. The molecule has 1 unspecified atom stereocenters. The van der Waals surface area contributed by atoms with Gasteiger partial charge in [0.2, 0.25) is 5.91 Å². The van der Waals surface area contributed by atoms with Gasteiger partial charge >= 0.3 is 6.03 Å². The maximum absolute atomic E-state index is 12.8. The highest BCUT2D eigenvalue weighted by Gasteiger charge is 2.36. The number of nitrogens with zero attached hydrogens (tertiary/aromatic N) is 3. The van der Waals surface area contributed by atoms with Crippen LogP contribution in [0.3, 0.4) is 0 Å². The summed E-state index contributed by atoms with van der Waals surface area (Å²) in [4.78, 5) is 30.6. The fourth-order valence-electron chi connectivity index (χ4n) is 3.63. The van der Waals surface area contributed by atoms with Gasteiger partial charge in [-0.15, -0.1) is 0 Å². The van der Waals surface area contributed by atoms with Crippen LogP contribution in [-0.4, -0.2) is 72.5 Å². The van der Waals surface area contributed by atoms with Crippen molar-refractivity contribution in [1.29, 1.82) is 0 Å². The van der Waals surface area contributed by atoms with E-state index >= 15 is 0 Å². The maximum Gasteiger partial charge on any atom is 0.317 e. The number of amides is 3. The van der Waals surface area contributed by atoms with E-state index in [0.29, 0.717) is 13.1 Å². The predicted molar refractivity (Wildman–Crippen MR) is 92.5 cm³/mol. The molecule has 2 fully saturated rings. The lowest BCUT2D eigenvalue weighted by atomic mass is 10.2. The molecule has 2 aliphatic heterocycles. The summed E-state index contributed by atoms with van der Waals surface area (Å²) in [6.07, 6.45) is 1.79. The molecule has 0 aromatic heterocycles. The highest BCUT2D eigenvalue weighted by molar-refractivity contribution is 5.84. The number of rotatable bonds is 3. The Labute approximate surface area is 143 Å². The van der Waals surface area contributed by atoms with Gasteiger partial charge in [-0.25, -0.2) is 4.79 Å². The number of benzene rings is 1. The molecular formula is C18H26N4O2. The summed E-state index contributed by atoms with van der Waals surface area (Å²) in [7, 11) is 1.66. The van der Waals surface area contributed by atoms with Crippen LogP contribution in [0.2, 0.25) is 0 Å². The number of nitrogens with one attached hydrogen (secondary N) is 1. The fourth-order valence-corrected chi connectivity index (χ4v) is 3.63. The molecule has 2 saturated heterocycles. The van der Waals surface area contributed by atoms with Gasteiger partial charge < -0.3 is 15.1 Å². The highest BCUT2D eigenvalue weighted by Crippen LogP contribution is 2.21. The smallest absolute Gasteiger partial charge is 0.317 e. The van der Waals surface area contributed by atoms with Crippen LogP contribution in [0.5, 0.6) is 0 Å². The third-order valence-corrected chi connectivity index (χ3v) is 4.96. The van der Waals surface area contributed by atoms with Crippen LogP contribution in [0.15, 0.2) is 30.3 Å². The van der Waals surface area contributed by atoms with Gasteiger partial charge in [-0.2, -0.15) is 0 Å². The van der Waals surface area contributed by atoms with Crippen molar-refractivity contribution in [3.05, 3.63) is 35.9 Å². The number of urea groups is 1. The van der Waals surface area contributed by atoms with Crippen LogP contribution in [0.4, 0.5) is 4.79 Å². The highest BCUT2D eigenvalue weighted by atomic mass is 16.2. The van der Waals surface area contributed by atoms with E-state index in [4.69, 9.17) is 0 Å². The first-order chi connectivity index (χ1) is 11.7. The van der Waals surface area contributed by atoms with Crippen molar-refractivity contribution in [2.24, 2.45) is 0 Å². The van der Waals surface area contributed by atoms with Crippen LogP contribution in [-0.2, 0) is 11.3 Å².